The zero-order valence-corrected chi connectivity index (χ0v) is 9.41. The molecule has 81 valence electrons. The van der Waals surface area contributed by atoms with Gasteiger partial charge in [0.25, 0.3) is 0 Å². The highest BCUT2D eigenvalue weighted by atomic mass is 35.5. The van der Waals surface area contributed by atoms with Gasteiger partial charge in [-0.2, -0.15) is 0 Å². The Bertz CT molecular complexity index is 539. The van der Waals surface area contributed by atoms with Crippen molar-refractivity contribution in [1.82, 2.24) is 0 Å². The first-order chi connectivity index (χ1) is 7.59. The highest BCUT2D eigenvalue weighted by Crippen LogP contribution is 2.34. The van der Waals surface area contributed by atoms with Gasteiger partial charge in [0.1, 0.15) is 11.6 Å². The van der Waals surface area contributed by atoms with Gasteiger partial charge in [0.2, 0.25) is 0 Å². The summed E-state index contributed by atoms with van der Waals surface area (Å²) in [6.07, 6.45) is 0. The second-order valence-corrected chi connectivity index (χ2v) is 3.93. The molecule has 0 N–H and O–H groups in total. The summed E-state index contributed by atoms with van der Waals surface area (Å²) in [5.41, 5.74) is 0.906. The van der Waals surface area contributed by atoms with Crippen molar-refractivity contribution in [2.24, 2.45) is 0 Å². The van der Waals surface area contributed by atoms with E-state index in [-0.39, 0.29) is 10.0 Å². The van der Waals surface area contributed by atoms with Crippen LogP contribution < -0.4 is 0 Å². The molecule has 0 aliphatic heterocycles. The fourth-order valence-corrected chi connectivity index (χ4v) is 1.86. The van der Waals surface area contributed by atoms with Crippen molar-refractivity contribution >= 4 is 23.2 Å². The van der Waals surface area contributed by atoms with E-state index in [2.05, 4.69) is 6.07 Å². The first-order valence-electron chi connectivity index (χ1n) is 4.40. The zero-order chi connectivity index (χ0) is 11.7. The standard InChI is InChI=1S/C12H5Cl2F2/c13-10-6-7(15)4-5-8(10)9-2-1-3-11(16)12(9)14/h1-2,4-6H. The topological polar surface area (TPSA) is 0 Å². The van der Waals surface area contributed by atoms with Gasteiger partial charge in [-0.3, -0.25) is 0 Å². The van der Waals surface area contributed by atoms with Gasteiger partial charge in [0, 0.05) is 17.2 Å². The van der Waals surface area contributed by atoms with E-state index < -0.39 is 11.6 Å². The maximum Gasteiger partial charge on any atom is 0.150 e. The summed E-state index contributed by atoms with van der Waals surface area (Å²) < 4.78 is 26.0. The first-order valence-corrected chi connectivity index (χ1v) is 5.16. The molecular weight excluding hydrogens is 253 g/mol. The number of benzene rings is 2. The summed E-state index contributed by atoms with van der Waals surface area (Å²) in [6, 6.07) is 9.15. The summed E-state index contributed by atoms with van der Waals surface area (Å²) in [5, 5.41) is 0.114. The number of rotatable bonds is 1. The first kappa shape index (κ1) is 11.4. The lowest BCUT2D eigenvalue weighted by atomic mass is 10.1. The van der Waals surface area contributed by atoms with E-state index in [1.54, 1.807) is 6.07 Å². The number of hydrogen-bond donors (Lipinski definition) is 0. The van der Waals surface area contributed by atoms with Crippen LogP contribution in [0.2, 0.25) is 10.0 Å². The molecule has 0 aliphatic carbocycles. The summed E-state index contributed by atoms with van der Waals surface area (Å²) in [7, 11) is 0. The molecule has 0 amide bonds. The molecule has 2 aromatic carbocycles. The minimum atomic E-state index is -0.653. The molecule has 0 bridgehead atoms. The molecule has 16 heavy (non-hydrogen) atoms. The predicted octanol–water partition coefficient (Wildman–Crippen LogP) is 4.74. The van der Waals surface area contributed by atoms with Crippen LogP contribution in [0.1, 0.15) is 0 Å². The van der Waals surface area contributed by atoms with Gasteiger partial charge in [0.05, 0.1) is 10.0 Å². The lowest BCUT2D eigenvalue weighted by Gasteiger charge is -2.07. The molecule has 0 heterocycles. The lowest BCUT2D eigenvalue weighted by Crippen LogP contribution is -1.86. The van der Waals surface area contributed by atoms with E-state index in [1.807, 2.05) is 0 Å². The van der Waals surface area contributed by atoms with Crippen molar-refractivity contribution in [2.45, 2.75) is 0 Å². The van der Waals surface area contributed by atoms with Crippen molar-refractivity contribution in [3.05, 3.63) is 58.1 Å². The van der Waals surface area contributed by atoms with Crippen molar-refractivity contribution in [3.63, 3.8) is 0 Å². The average Bonchev–Trinajstić information content (AvgIpc) is 2.23. The van der Waals surface area contributed by atoms with Crippen LogP contribution in [0.3, 0.4) is 0 Å². The third kappa shape index (κ3) is 2.04. The SMILES string of the molecule is Fc1ccc(-c2cc[c]c(F)c2Cl)c(Cl)c1. The van der Waals surface area contributed by atoms with Gasteiger partial charge in [-0.15, -0.1) is 0 Å². The minimum absolute atomic E-state index is 0.0731. The fourth-order valence-electron chi connectivity index (χ4n) is 1.37. The van der Waals surface area contributed by atoms with Crippen LogP contribution in [0.25, 0.3) is 11.1 Å². The van der Waals surface area contributed by atoms with E-state index in [4.69, 9.17) is 23.2 Å². The molecular formula is C12H5Cl2F2. The van der Waals surface area contributed by atoms with E-state index in [1.165, 1.54) is 18.2 Å². The summed E-state index contributed by atoms with van der Waals surface area (Å²) >= 11 is 11.6. The molecule has 0 saturated heterocycles. The third-order valence-electron chi connectivity index (χ3n) is 2.11. The van der Waals surface area contributed by atoms with Crippen LogP contribution in [0.4, 0.5) is 8.78 Å². The quantitative estimate of drug-likeness (QED) is 0.693. The molecule has 0 atom stereocenters. The molecule has 0 aliphatic rings. The fraction of sp³-hybridized carbons (Fsp3) is 0. The second-order valence-electron chi connectivity index (χ2n) is 3.14. The van der Waals surface area contributed by atoms with Crippen LogP contribution in [0.5, 0.6) is 0 Å². The van der Waals surface area contributed by atoms with Crippen LogP contribution in [-0.4, -0.2) is 0 Å². The van der Waals surface area contributed by atoms with Gasteiger partial charge >= 0.3 is 0 Å². The summed E-state index contributed by atoms with van der Waals surface area (Å²) in [6.45, 7) is 0. The van der Waals surface area contributed by atoms with Gasteiger partial charge in [-0.25, -0.2) is 8.78 Å². The lowest BCUT2D eigenvalue weighted by molar-refractivity contribution is 0.626. The molecule has 0 saturated carbocycles. The van der Waals surface area contributed by atoms with E-state index in [0.717, 1.165) is 6.07 Å². The van der Waals surface area contributed by atoms with Crippen molar-refractivity contribution in [3.8, 4) is 11.1 Å². The smallest absolute Gasteiger partial charge is 0.150 e. The van der Waals surface area contributed by atoms with Crippen molar-refractivity contribution in [2.75, 3.05) is 0 Å². The van der Waals surface area contributed by atoms with Crippen molar-refractivity contribution < 1.29 is 8.78 Å². The third-order valence-corrected chi connectivity index (χ3v) is 2.79. The van der Waals surface area contributed by atoms with Crippen LogP contribution >= 0.6 is 23.2 Å². The Balaban J connectivity index is 2.63. The average molecular weight is 258 g/mol. The Morgan fingerprint density at radius 1 is 1.00 bits per heavy atom. The van der Waals surface area contributed by atoms with E-state index >= 15 is 0 Å². The molecule has 0 spiro atoms. The number of hydrogen-bond acceptors (Lipinski definition) is 0. The van der Waals surface area contributed by atoms with Gasteiger partial charge in [-0.1, -0.05) is 35.3 Å². The van der Waals surface area contributed by atoms with Crippen LogP contribution in [0, 0.1) is 17.7 Å². The normalized spacial score (nSPS) is 10.5. The highest BCUT2D eigenvalue weighted by Gasteiger charge is 2.11. The predicted molar refractivity (Wildman–Crippen MR) is 60.7 cm³/mol. The molecule has 0 fully saturated rings. The Hall–Kier alpha value is -1.12. The zero-order valence-electron chi connectivity index (χ0n) is 7.90. The summed E-state index contributed by atoms with van der Waals surface area (Å²) in [4.78, 5) is 0. The molecule has 4 heteroatoms. The minimum Gasteiger partial charge on any atom is -0.207 e. The maximum absolute atomic E-state index is 13.2. The van der Waals surface area contributed by atoms with Crippen molar-refractivity contribution in [1.29, 1.82) is 0 Å². The summed E-state index contributed by atoms with van der Waals surface area (Å²) in [5.74, 6) is -1.10. The van der Waals surface area contributed by atoms with Gasteiger partial charge < -0.3 is 0 Å². The van der Waals surface area contributed by atoms with E-state index in [0.29, 0.717) is 11.1 Å². The monoisotopic (exact) mass is 257 g/mol. The molecule has 0 unspecified atom stereocenters. The maximum atomic E-state index is 13.2. The molecule has 0 nitrogen and oxygen atoms in total. The van der Waals surface area contributed by atoms with Gasteiger partial charge in [-0.05, 0) is 18.2 Å². The Kier molecular flexibility index (Phi) is 3.13. The molecule has 1 radical (unpaired) electrons. The Labute approximate surface area is 101 Å². The van der Waals surface area contributed by atoms with Crippen LogP contribution in [-0.2, 0) is 0 Å². The molecule has 2 aromatic rings. The molecule has 2 rings (SSSR count). The van der Waals surface area contributed by atoms with Crippen LogP contribution in [0.15, 0.2) is 30.3 Å². The Morgan fingerprint density at radius 2 is 1.75 bits per heavy atom. The van der Waals surface area contributed by atoms with E-state index in [9.17, 15) is 8.78 Å². The number of halogens is 4. The Morgan fingerprint density at radius 3 is 2.44 bits per heavy atom. The largest absolute Gasteiger partial charge is 0.207 e. The second kappa shape index (κ2) is 4.40. The molecule has 0 aromatic heterocycles. The highest BCUT2D eigenvalue weighted by molar-refractivity contribution is 6.36. The van der Waals surface area contributed by atoms with Gasteiger partial charge in [0.15, 0.2) is 0 Å².